The van der Waals surface area contributed by atoms with Crippen molar-refractivity contribution in [2.45, 2.75) is 0 Å². The molecule has 0 spiro atoms. The topological polar surface area (TPSA) is 43.1 Å². The van der Waals surface area contributed by atoms with E-state index in [0.717, 1.165) is 28.2 Å². The molecule has 0 atom stereocenters. The summed E-state index contributed by atoms with van der Waals surface area (Å²) in [7, 11) is 0. The van der Waals surface area contributed by atoms with Gasteiger partial charge in [0.2, 0.25) is 0 Å². The Labute approximate surface area is 121 Å². The molecular weight excluding hydrogens is 260 g/mol. The van der Waals surface area contributed by atoms with E-state index in [0.29, 0.717) is 0 Å². The fourth-order valence-corrected chi connectivity index (χ4v) is 2.35. The van der Waals surface area contributed by atoms with Crippen molar-refractivity contribution in [3.63, 3.8) is 0 Å². The van der Waals surface area contributed by atoms with Crippen molar-refractivity contribution < 1.29 is 0 Å². The molecule has 0 unspecified atom stereocenters. The summed E-state index contributed by atoms with van der Waals surface area (Å²) in [6.45, 7) is 0. The SMILES string of the molecule is c1ccc(-c2nc3ccnn3nc2-c2ccccc2)cc1. The van der Waals surface area contributed by atoms with Crippen LogP contribution in [-0.4, -0.2) is 19.8 Å². The van der Waals surface area contributed by atoms with Gasteiger partial charge in [0, 0.05) is 17.2 Å². The highest BCUT2D eigenvalue weighted by Gasteiger charge is 2.13. The van der Waals surface area contributed by atoms with Crippen molar-refractivity contribution in [3.05, 3.63) is 72.9 Å². The van der Waals surface area contributed by atoms with E-state index in [9.17, 15) is 0 Å². The number of nitrogens with zero attached hydrogens (tertiary/aromatic N) is 4. The maximum Gasteiger partial charge on any atom is 0.176 e. The van der Waals surface area contributed by atoms with Crippen LogP contribution in [0, 0.1) is 0 Å². The van der Waals surface area contributed by atoms with Crippen LogP contribution in [0.3, 0.4) is 0 Å². The average molecular weight is 272 g/mol. The Bertz CT molecular complexity index is 809. The molecule has 0 N–H and O–H groups in total. The first-order chi connectivity index (χ1) is 10.4. The summed E-state index contributed by atoms with van der Waals surface area (Å²) in [5, 5.41) is 8.81. The average Bonchev–Trinajstić information content (AvgIpc) is 3.03. The van der Waals surface area contributed by atoms with Gasteiger partial charge in [0.05, 0.1) is 6.20 Å². The molecule has 2 aromatic carbocycles. The molecule has 0 aliphatic carbocycles. The van der Waals surface area contributed by atoms with E-state index in [2.05, 4.69) is 10.2 Å². The van der Waals surface area contributed by atoms with Gasteiger partial charge in [-0.2, -0.15) is 5.10 Å². The van der Waals surface area contributed by atoms with E-state index in [-0.39, 0.29) is 0 Å². The monoisotopic (exact) mass is 272 g/mol. The first-order valence-corrected chi connectivity index (χ1v) is 6.75. The molecule has 4 nitrogen and oxygen atoms in total. The molecule has 4 rings (SSSR count). The minimum Gasteiger partial charge on any atom is -0.225 e. The van der Waals surface area contributed by atoms with Gasteiger partial charge in [-0.3, -0.25) is 0 Å². The lowest BCUT2D eigenvalue weighted by atomic mass is 10.0. The first kappa shape index (κ1) is 11.8. The number of fused-ring (bicyclic) bond motifs is 1. The minimum atomic E-state index is 0.744. The van der Waals surface area contributed by atoms with Gasteiger partial charge in [-0.1, -0.05) is 60.7 Å². The van der Waals surface area contributed by atoms with E-state index >= 15 is 0 Å². The highest BCUT2D eigenvalue weighted by atomic mass is 15.4. The summed E-state index contributed by atoms with van der Waals surface area (Å²) in [4.78, 5) is 4.72. The Morgan fingerprint density at radius 2 is 1.29 bits per heavy atom. The largest absolute Gasteiger partial charge is 0.225 e. The van der Waals surface area contributed by atoms with Crippen molar-refractivity contribution in [1.29, 1.82) is 0 Å². The molecule has 21 heavy (non-hydrogen) atoms. The fourth-order valence-electron chi connectivity index (χ4n) is 2.35. The molecule has 0 bridgehead atoms. The van der Waals surface area contributed by atoms with Crippen LogP contribution in [0.1, 0.15) is 0 Å². The van der Waals surface area contributed by atoms with E-state index in [1.54, 1.807) is 10.8 Å². The van der Waals surface area contributed by atoms with Crippen LogP contribution < -0.4 is 0 Å². The molecule has 0 aliphatic rings. The van der Waals surface area contributed by atoms with E-state index in [4.69, 9.17) is 4.98 Å². The van der Waals surface area contributed by atoms with Crippen LogP contribution in [0.15, 0.2) is 72.9 Å². The summed E-state index contributed by atoms with van der Waals surface area (Å²) < 4.78 is 1.56. The van der Waals surface area contributed by atoms with Crippen LogP contribution in [0.4, 0.5) is 0 Å². The predicted molar refractivity (Wildman–Crippen MR) is 81.7 cm³/mol. The van der Waals surface area contributed by atoms with Crippen LogP contribution in [0.2, 0.25) is 0 Å². The summed E-state index contributed by atoms with van der Waals surface area (Å²) in [6, 6.07) is 22.0. The highest BCUT2D eigenvalue weighted by Crippen LogP contribution is 2.28. The quantitative estimate of drug-likeness (QED) is 0.561. The van der Waals surface area contributed by atoms with Gasteiger partial charge in [-0.25, -0.2) is 4.98 Å². The van der Waals surface area contributed by atoms with Gasteiger partial charge < -0.3 is 0 Å². The van der Waals surface area contributed by atoms with Crippen molar-refractivity contribution in [3.8, 4) is 22.5 Å². The lowest BCUT2D eigenvalue weighted by Gasteiger charge is -2.08. The third kappa shape index (κ3) is 2.07. The lowest BCUT2D eigenvalue weighted by Crippen LogP contribution is -2.02. The molecule has 4 aromatic rings. The highest BCUT2D eigenvalue weighted by molar-refractivity contribution is 5.78. The van der Waals surface area contributed by atoms with Crippen molar-refractivity contribution >= 4 is 5.65 Å². The molecule has 2 heterocycles. The minimum absolute atomic E-state index is 0.744. The van der Waals surface area contributed by atoms with E-state index in [1.807, 2.05) is 66.7 Å². The van der Waals surface area contributed by atoms with Gasteiger partial charge in [-0.15, -0.1) is 9.73 Å². The Morgan fingerprint density at radius 1 is 0.667 bits per heavy atom. The fraction of sp³-hybridized carbons (Fsp3) is 0. The maximum absolute atomic E-state index is 4.72. The smallest absolute Gasteiger partial charge is 0.176 e. The second-order valence-corrected chi connectivity index (χ2v) is 4.72. The summed E-state index contributed by atoms with van der Waals surface area (Å²) >= 11 is 0. The number of hydrogen-bond donors (Lipinski definition) is 0. The van der Waals surface area contributed by atoms with E-state index < -0.39 is 0 Å². The summed E-state index contributed by atoms with van der Waals surface area (Å²) in [5.74, 6) is 0. The molecule has 2 aromatic heterocycles. The van der Waals surface area contributed by atoms with Gasteiger partial charge in [-0.05, 0) is 0 Å². The van der Waals surface area contributed by atoms with Crippen LogP contribution in [-0.2, 0) is 0 Å². The van der Waals surface area contributed by atoms with Crippen molar-refractivity contribution in [1.82, 2.24) is 19.8 Å². The molecule has 100 valence electrons. The number of aromatic nitrogens is 4. The first-order valence-electron chi connectivity index (χ1n) is 6.75. The molecule has 0 saturated carbocycles. The zero-order chi connectivity index (χ0) is 14.1. The van der Waals surface area contributed by atoms with Gasteiger partial charge in [0.25, 0.3) is 0 Å². The Morgan fingerprint density at radius 3 is 1.95 bits per heavy atom. The van der Waals surface area contributed by atoms with Crippen molar-refractivity contribution in [2.75, 3.05) is 0 Å². The van der Waals surface area contributed by atoms with Crippen LogP contribution >= 0.6 is 0 Å². The molecule has 0 fully saturated rings. The standard InChI is InChI=1S/C17H12N4/c1-3-7-13(8-4-1)16-17(14-9-5-2-6-10-14)20-21-15(19-16)11-12-18-21/h1-12H. The Balaban J connectivity index is 2.03. The summed E-state index contributed by atoms with van der Waals surface area (Å²) in [5.41, 5.74) is 4.52. The van der Waals surface area contributed by atoms with Gasteiger partial charge >= 0.3 is 0 Å². The van der Waals surface area contributed by atoms with Gasteiger partial charge in [0.1, 0.15) is 11.4 Å². The maximum atomic E-state index is 4.72. The van der Waals surface area contributed by atoms with Crippen LogP contribution in [0.5, 0.6) is 0 Å². The van der Waals surface area contributed by atoms with E-state index in [1.165, 1.54) is 0 Å². The zero-order valence-corrected chi connectivity index (χ0v) is 11.2. The molecule has 0 saturated heterocycles. The third-order valence-electron chi connectivity index (χ3n) is 3.34. The Hall–Kier alpha value is -3.01. The normalized spacial score (nSPS) is 10.9. The lowest BCUT2D eigenvalue weighted by molar-refractivity contribution is 0.790. The van der Waals surface area contributed by atoms with Gasteiger partial charge in [0.15, 0.2) is 5.65 Å². The van der Waals surface area contributed by atoms with Crippen LogP contribution in [0.25, 0.3) is 28.2 Å². The second kappa shape index (κ2) is 4.83. The number of benzene rings is 2. The summed E-state index contributed by atoms with van der Waals surface area (Å²) in [6.07, 6.45) is 1.71. The Kier molecular flexibility index (Phi) is 2.71. The van der Waals surface area contributed by atoms with Crippen molar-refractivity contribution in [2.24, 2.45) is 0 Å². The molecule has 0 aliphatic heterocycles. The third-order valence-corrected chi connectivity index (χ3v) is 3.34. The molecule has 4 heteroatoms. The second-order valence-electron chi connectivity index (χ2n) is 4.72. The number of hydrogen-bond acceptors (Lipinski definition) is 3. The molecule has 0 radical (unpaired) electrons. The molecular formula is C17H12N4. The molecule has 0 amide bonds. The zero-order valence-electron chi connectivity index (χ0n) is 11.2. The number of rotatable bonds is 2. The predicted octanol–water partition coefficient (Wildman–Crippen LogP) is 3.46.